The Morgan fingerprint density at radius 2 is 1.93 bits per heavy atom. The minimum atomic E-state index is -0.161. The van der Waals surface area contributed by atoms with Gasteiger partial charge in [-0.25, -0.2) is 4.79 Å². The molecule has 8 nitrogen and oxygen atoms in total. The van der Waals surface area contributed by atoms with E-state index < -0.39 is 0 Å². The molecule has 0 radical (unpaired) electrons. The lowest BCUT2D eigenvalue weighted by Gasteiger charge is -2.31. The molecule has 1 saturated heterocycles. The van der Waals surface area contributed by atoms with Crippen LogP contribution in [0.4, 0.5) is 9.93 Å². The topological polar surface area (TPSA) is 100 Å². The molecule has 3 heterocycles. The first-order valence-corrected chi connectivity index (χ1v) is 11.2. The molecule has 0 spiro atoms. The summed E-state index contributed by atoms with van der Waals surface area (Å²) in [5.74, 6) is 1.17. The van der Waals surface area contributed by atoms with Crippen LogP contribution in [-0.2, 0) is 11.3 Å². The number of hydrogen-bond acceptors (Lipinski definition) is 6. The van der Waals surface area contributed by atoms with Crippen LogP contribution in [0.5, 0.6) is 0 Å². The molecule has 0 bridgehead atoms. The highest BCUT2D eigenvalue weighted by molar-refractivity contribution is 7.15. The summed E-state index contributed by atoms with van der Waals surface area (Å²) in [7, 11) is 0. The zero-order valence-electron chi connectivity index (χ0n) is 16.4. The van der Waals surface area contributed by atoms with Crippen molar-refractivity contribution in [1.82, 2.24) is 20.4 Å². The van der Waals surface area contributed by atoms with Gasteiger partial charge in [-0.05, 0) is 37.8 Å². The van der Waals surface area contributed by atoms with E-state index in [0.717, 1.165) is 23.6 Å². The predicted molar refractivity (Wildman–Crippen MR) is 110 cm³/mol. The zero-order valence-corrected chi connectivity index (χ0v) is 17.2. The molecule has 2 aromatic rings. The summed E-state index contributed by atoms with van der Waals surface area (Å²) in [6.45, 7) is 1.50. The standard InChI is InChI=1S/C20H27N5O3S/c26-17(21-13-16-7-4-12-28-16)14-8-10-25(11-9-14)20(27)22-19-24-23-18(29-19)15-5-2-1-3-6-15/h4,7,12,14-15H,1-3,5-6,8-11,13H2,(H,21,26)(H,22,24,27). The lowest BCUT2D eigenvalue weighted by molar-refractivity contribution is -0.126. The average molecular weight is 418 g/mol. The number of amides is 3. The molecule has 1 saturated carbocycles. The van der Waals surface area contributed by atoms with Gasteiger partial charge in [0.05, 0.1) is 12.8 Å². The Labute approximate surface area is 174 Å². The number of piperidine rings is 1. The number of aromatic nitrogens is 2. The third kappa shape index (κ3) is 5.14. The third-order valence-electron chi connectivity index (χ3n) is 5.78. The molecule has 1 aliphatic carbocycles. The van der Waals surface area contributed by atoms with Gasteiger partial charge < -0.3 is 14.6 Å². The number of urea groups is 1. The monoisotopic (exact) mass is 417 g/mol. The van der Waals surface area contributed by atoms with Crippen molar-refractivity contribution in [3.8, 4) is 0 Å². The van der Waals surface area contributed by atoms with Crippen LogP contribution in [0.1, 0.15) is 61.6 Å². The fraction of sp³-hybridized carbons (Fsp3) is 0.600. The van der Waals surface area contributed by atoms with Gasteiger partial charge in [0.1, 0.15) is 10.8 Å². The van der Waals surface area contributed by atoms with Crippen molar-refractivity contribution in [3.63, 3.8) is 0 Å². The molecule has 9 heteroatoms. The Bertz CT molecular complexity index is 808. The van der Waals surface area contributed by atoms with Crippen LogP contribution in [0.3, 0.4) is 0 Å². The number of rotatable bonds is 5. The second kappa shape index (κ2) is 9.39. The summed E-state index contributed by atoms with van der Waals surface area (Å²) < 4.78 is 5.23. The molecular formula is C20H27N5O3S. The summed E-state index contributed by atoms with van der Waals surface area (Å²) in [4.78, 5) is 26.6. The van der Waals surface area contributed by atoms with Crippen molar-refractivity contribution < 1.29 is 14.0 Å². The average Bonchev–Trinajstić information content (AvgIpc) is 3.45. The lowest BCUT2D eigenvalue weighted by atomic mass is 9.90. The Morgan fingerprint density at radius 1 is 1.14 bits per heavy atom. The van der Waals surface area contributed by atoms with Crippen molar-refractivity contribution in [3.05, 3.63) is 29.2 Å². The first-order valence-electron chi connectivity index (χ1n) is 10.4. The molecule has 0 aromatic carbocycles. The highest BCUT2D eigenvalue weighted by Gasteiger charge is 2.28. The van der Waals surface area contributed by atoms with Crippen molar-refractivity contribution in [2.75, 3.05) is 18.4 Å². The van der Waals surface area contributed by atoms with Gasteiger partial charge in [0, 0.05) is 24.9 Å². The molecule has 2 N–H and O–H groups in total. The van der Waals surface area contributed by atoms with E-state index in [2.05, 4.69) is 20.8 Å². The van der Waals surface area contributed by atoms with Crippen molar-refractivity contribution in [2.45, 2.75) is 57.4 Å². The summed E-state index contributed by atoms with van der Waals surface area (Å²) in [5, 5.41) is 15.8. The molecule has 1 aliphatic heterocycles. The second-order valence-corrected chi connectivity index (χ2v) is 8.78. The van der Waals surface area contributed by atoms with Crippen LogP contribution >= 0.6 is 11.3 Å². The van der Waals surface area contributed by atoms with E-state index in [0.29, 0.717) is 43.5 Å². The quantitative estimate of drug-likeness (QED) is 0.772. The minimum absolute atomic E-state index is 0.0164. The first kappa shape index (κ1) is 19.9. The maximum Gasteiger partial charge on any atom is 0.323 e. The van der Waals surface area contributed by atoms with Gasteiger partial charge in [0.2, 0.25) is 11.0 Å². The molecule has 3 amide bonds. The molecule has 156 valence electrons. The van der Waals surface area contributed by atoms with Gasteiger partial charge in [-0.15, -0.1) is 10.2 Å². The van der Waals surface area contributed by atoms with Crippen LogP contribution in [-0.4, -0.2) is 40.1 Å². The van der Waals surface area contributed by atoms with Crippen LogP contribution in [0, 0.1) is 5.92 Å². The molecule has 4 rings (SSSR count). The molecule has 2 aliphatic rings. The lowest BCUT2D eigenvalue weighted by Crippen LogP contribution is -2.44. The molecule has 29 heavy (non-hydrogen) atoms. The Kier molecular flexibility index (Phi) is 6.43. The van der Waals surface area contributed by atoms with Crippen LogP contribution in [0.2, 0.25) is 0 Å². The SMILES string of the molecule is O=C(NCc1ccco1)C1CCN(C(=O)Nc2nnc(C3CCCCC3)s2)CC1. The van der Waals surface area contributed by atoms with E-state index >= 15 is 0 Å². The highest BCUT2D eigenvalue weighted by Crippen LogP contribution is 2.35. The number of nitrogens with zero attached hydrogens (tertiary/aromatic N) is 3. The Balaban J connectivity index is 1.22. The smallest absolute Gasteiger partial charge is 0.323 e. The first-order chi connectivity index (χ1) is 14.2. The molecule has 2 fully saturated rings. The zero-order chi connectivity index (χ0) is 20.1. The minimum Gasteiger partial charge on any atom is -0.467 e. The fourth-order valence-electron chi connectivity index (χ4n) is 4.05. The summed E-state index contributed by atoms with van der Waals surface area (Å²) in [5.41, 5.74) is 0. The van der Waals surface area contributed by atoms with E-state index in [4.69, 9.17) is 4.42 Å². The third-order valence-corrected chi connectivity index (χ3v) is 6.78. The maximum atomic E-state index is 12.6. The normalized spacial score (nSPS) is 18.6. The number of nitrogens with one attached hydrogen (secondary N) is 2. The van der Waals surface area contributed by atoms with Gasteiger partial charge in [-0.3, -0.25) is 10.1 Å². The summed E-state index contributed by atoms with van der Waals surface area (Å²) >= 11 is 1.49. The number of carbonyl (C=O) groups excluding carboxylic acids is 2. The second-order valence-electron chi connectivity index (χ2n) is 7.77. The van der Waals surface area contributed by atoms with Crippen LogP contribution in [0.25, 0.3) is 0 Å². The van der Waals surface area contributed by atoms with E-state index in [9.17, 15) is 9.59 Å². The largest absolute Gasteiger partial charge is 0.467 e. The van der Waals surface area contributed by atoms with E-state index in [-0.39, 0.29) is 17.9 Å². The molecular weight excluding hydrogens is 390 g/mol. The predicted octanol–water partition coefficient (Wildman–Crippen LogP) is 3.74. The van der Waals surface area contributed by atoms with Gasteiger partial charge in [-0.1, -0.05) is 30.6 Å². The molecule has 0 atom stereocenters. The summed E-state index contributed by atoms with van der Waals surface area (Å²) in [6, 6.07) is 3.47. The van der Waals surface area contributed by atoms with Crippen molar-refractivity contribution in [1.29, 1.82) is 0 Å². The highest BCUT2D eigenvalue weighted by atomic mass is 32.1. The van der Waals surface area contributed by atoms with E-state index in [1.807, 2.05) is 6.07 Å². The van der Waals surface area contributed by atoms with Crippen LogP contribution < -0.4 is 10.6 Å². The molecule has 2 aromatic heterocycles. The van der Waals surface area contributed by atoms with E-state index in [1.165, 1.54) is 30.6 Å². The Hall–Kier alpha value is -2.42. The van der Waals surface area contributed by atoms with Gasteiger partial charge in [0.15, 0.2) is 0 Å². The fourth-order valence-corrected chi connectivity index (χ4v) is 4.95. The number of anilines is 1. The van der Waals surface area contributed by atoms with Crippen molar-refractivity contribution >= 4 is 28.4 Å². The number of carbonyl (C=O) groups is 2. The molecule has 0 unspecified atom stereocenters. The van der Waals surface area contributed by atoms with Crippen LogP contribution in [0.15, 0.2) is 22.8 Å². The Morgan fingerprint density at radius 3 is 2.66 bits per heavy atom. The number of hydrogen-bond donors (Lipinski definition) is 2. The number of furan rings is 1. The van der Waals surface area contributed by atoms with Gasteiger partial charge in [-0.2, -0.15) is 0 Å². The number of likely N-dealkylation sites (tertiary alicyclic amines) is 1. The maximum absolute atomic E-state index is 12.6. The van der Waals surface area contributed by atoms with Gasteiger partial charge >= 0.3 is 6.03 Å². The van der Waals surface area contributed by atoms with Gasteiger partial charge in [0.25, 0.3) is 0 Å². The van der Waals surface area contributed by atoms with E-state index in [1.54, 1.807) is 17.2 Å². The summed E-state index contributed by atoms with van der Waals surface area (Å²) in [6.07, 6.45) is 9.02. The van der Waals surface area contributed by atoms with Crippen molar-refractivity contribution in [2.24, 2.45) is 5.92 Å².